The van der Waals surface area contributed by atoms with Gasteiger partial charge in [-0.2, -0.15) is 0 Å². The van der Waals surface area contributed by atoms with E-state index in [9.17, 15) is 8.42 Å². The van der Waals surface area contributed by atoms with Crippen molar-refractivity contribution in [1.82, 2.24) is 4.98 Å². The molecule has 4 rings (SSSR count). The smallest absolute Gasteiger partial charge is 0.255 e. The lowest BCUT2D eigenvalue weighted by Gasteiger charge is -2.08. The fourth-order valence-corrected chi connectivity index (χ4v) is 5.27. The van der Waals surface area contributed by atoms with Gasteiger partial charge in [0, 0.05) is 10.9 Å². The normalized spacial score (nSPS) is 11.6. The Hall–Kier alpha value is -2.70. The van der Waals surface area contributed by atoms with Crippen molar-refractivity contribution in [3.05, 3.63) is 77.2 Å². The van der Waals surface area contributed by atoms with E-state index in [1.165, 1.54) is 11.3 Å². The number of rotatable bonds is 4. The Bertz CT molecular complexity index is 1240. The minimum atomic E-state index is -3.67. The Balaban J connectivity index is 1.63. The first kappa shape index (κ1) is 17.7. The quantitative estimate of drug-likeness (QED) is 0.505. The van der Waals surface area contributed by atoms with Crippen molar-refractivity contribution in [2.24, 2.45) is 0 Å². The van der Waals surface area contributed by atoms with Gasteiger partial charge in [-0.25, -0.2) is 13.4 Å². The van der Waals surface area contributed by atoms with Gasteiger partial charge in [-0.05, 0) is 42.3 Å². The molecule has 0 aliphatic carbocycles. The van der Waals surface area contributed by atoms with Crippen LogP contribution in [-0.2, 0) is 10.0 Å². The minimum Gasteiger partial charge on any atom is -0.255 e. The second-order valence-corrected chi connectivity index (χ2v) is 8.98. The van der Waals surface area contributed by atoms with E-state index in [1.807, 2.05) is 42.6 Å². The van der Waals surface area contributed by atoms with Gasteiger partial charge in [-0.3, -0.25) is 4.72 Å². The summed E-state index contributed by atoms with van der Waals surface area (Å²) in [4.78, 5) is 4.75. The largest absolute Gasteiger partial charge is 0.263 e. The molecule has 0 aliphatic rings. The van der Waals surface area contributed by atoms with E-state index in [1.54, 1.807) is 19.1 Å². The Labute approximate surface area is 162 Å². The summed E-state index contributed by atoms with van der Waals surface area (Å²) >= 11 is 1.28. The topological polar surface area (TPSA) is 59.1 Å². The average molecular weight is 395 g/mol. The standard InChI is InChI=1S/C21H18N2O2S2/c1-14-7-10-20(15(2)11-14)27(24,25)23-21-22-19(13-26-21)18-9-8-16-5-3-4-6-17(16)12-18/h3-13H,1-2H3,(H,22,23). The zero-order chi connectivity index (χ0) is 19.0. The molecule has 0 bridgehead atoms. The van der Waals surface area contributed by atoms with Gasteiger partial charge in [0.15, 0.2) is 5.13 Å². The molecule has 0 amide bonds. The number of anilines is 1. The van der Waals surface area contributed by atoms with Crippen LogP contribution >= 0.6 is 11.3 Å². The van der Waals surface area contributed by atoms with Gasteiger partial charge in [-0.15, -0.1) is 11.3 Å². The molecular weight excluding hydrogens is 376 g/mol. The maximum absolute atomic E-state index is 12.7. The van der Waals surface area contributed by atoms with Crippen LogP contribution in [0.1, 0.15) is 11.1 Å². The third-order valence-electron chi connectivity index (χ3n) is 4.39. The van der Waals surface area contributed by atoms with Gasteiger partial charge < -0.3 is 0 Å². The summed E-state index contributed by atoms with van der Waals surface area (Å²) in [5.74, 6) is 0. The molecule has 6 heteroatoms. The second-order valence-electron chi connectivity index (χ2n) is 6.47. The van der Waals surface area contributed by atoms with Crippen LogP contribution in [0.25, 0.3) is 22.0 Å². The van der Waals surface area contributed by atoms with E-state index in [2.05, 4.69) is 27.9 Å². The summed E-state index contributed by atoms with van der Waals surface area (Å²) < 4.78 is 28.0. The molecule has 1 heterocycles. The van der Waals surface area contributed by atoms with Crippen LogP contribution in [0.3, 0.4) is 0 Å². The molecule has 136 valence electrons. The summed E-state index contributed by atoms with van der Waals surface area (Å²) in [5, 5.41) is 4.51. The summed E-state index contributed by atoms with van der Waals surface area (Å²) in [6.45, 7) is 3.73. The molecule has 0 unspecified atom stereocenters. The molecule has 1 aromatic heterocycles. The first-order valence-corrected chi connectivity index (χ1v) is 10.8. The lowest BCUT2D eigenvalue weighted by atomic mass is 10.1. The Morgan fingerprint density at radius 3 is 2.48 bits per heavy atom. The first-order valence-electron chi connectivity index (χ1n) is 8.47. The van der Waals surface area contributed by atoms with Gasteiger partial charge in [-0.1, -0.05) is 54.1 Å². The van der Waals surface area contributed by atoms with E-state index in [0.717, 1.165) is 27.6 Å². The van der Waals surface area contributed by atoms with E-state index in [4.69, 9.17) is 0 Å². The first-order chi connectivity index (χ1) is 12.9. The van der Waals surface area contributed by atoms with Gasteiger partial charge >= 0.3 is 0 Å². The molecule has 3 aromatic carbocycles. The summed E-state index contributed by atoms with van der Waals surface area (Å²) in [7, 11) is -3.67. The van der Waals surface area contributed by atoms with Gasteiger partial charge in [0.25, 0.3) is 10.0 Å². The number of thiazole rings is 1. The van der Waals surface area contributed by atoms with Crippen molar-refractivity contribution in [2.75, 3.05) is 4.72 Å². The molecule has 0 saturated heterocycles. The SMILES string of the molecule is Cc1ccc(S(=O)(=O)Nc2nc(-c3ccc4ccccc4c3)cs2)c(C)c1. The van der Waals surface area contributed by atoms with Gasteiger partial charge in [0.2, 0.25) is 0 Å². The molecule has 0 saturated carbocycles. The van der Waals surface area contributed by atoms with Crippen LogP contribution in [-0.4, -0.2) is 13.4 Å². The van der Waals surface area contributed by atoms with Gasteiger partial charge in [0.1, 0.15) is 0 Å². The highest BCUT2D eigenvalue weighted by molar-refractivity contribution is 7.93. The van der Waals surface area contributed by atoms with Crippen LogP contribution < -0.4 is 4.72 Å². The maximum Gasteiger partial charge on any atom is 0.263 e. The monoisotopic (exact) mass is 394 g/mol. The van der Waals surface area contributed by atoms with Crippen molar-refractivity contribution in [2.45, 2.75) is 18.7 Å². The van der Waals surface area contributed by atoms with Gasteiger partial charge in [0.05, 0.1) is 10.6 Å². The Morgan fingerprint density at radius 2 is 1.70 bits per heavy atom. The van der Waals surface area contributed by atoms with Crippen molar-refractivity contribution >= 4 is 37.3 Å². The lowest BCUT2D eigenvalue weighted by molar-refractivity contribution is 0.600. The zero-order valence-corrected chi connectivity index (χ0v) is 16.6. The summed E-state index contributed by atoms with van der Waals surface area (Å²) in [6.07, 6.45) is 0. The number of nitrogens with zero attached hydrogens (tertiary/aromatic N) is 1. The number of aromatic nitrogens is 1. The Morgan fingerprint density at radius 1 is 0.926 bits per heavy atom. The lowest BCUT2D eigenvalue weighted by Crippen LogP contribution is -2.14. The molecule has 4 aromatic rings. The second kappa shape index (κ2) is 6.79. The fraction of sp³-hybridized carbons (Fsp3) is 0.0952. The number of nitrogens with one attached hydrogen (secondary N) is 1. The predicted octanol–water partition coefficient (Wildman–Crippen LogP) is 5.38. The highest BCUT2D eigenvalue weighted by Gasteiger charge is 2.18. The number of hydrogen-bond donors (Lipinski definition) is 1. The third kappa shape index (κ3) is 3.59. The number of hydrogen-bond acceptors (Lipinski definition) is 4. The Kier molecular flexibility index (Phi) is 4.45. The van der Waals surface area contributed by atoms with Crippen LogP contribution in [0, 0.1) is 13.8 Å². The molecule has 0 aliphatic heterocycles. The van der Waals surface area contributed by atoms with Crippen molar-refractivity contribution in [3.63, 3.8) is 0 Å². The molecule has 0 radical (unpaired) electrons. The number of benzene rings is 3. The average Bonchev–Trinajstić information content (AvgIpc) is 3.08. The highest BCUT2D eigenvalue weighted by Crippen LogP contribution is 2.29. The molecule has 1 N–H and O–H groups in total. The number of sulfonamides is 1. The molecule has 0 spiro atoms. The van der Waals surface area contributed by atoms with E-state index in [0.29, 0.717) is 10.7 Å². The zero-order valence-electron chi connectivity index (χ0n) is 14.9. The van der Waals surface area contributed by atoms with Crippen LogP contribution in [0.2, 0.25) is 0 Å². The fourth-order valence-electron chi connectivity index (χ4n) is 3.07. The van der Waals surface area contributed by atoms with Crippen molar-refractivity contribution in [1.29, 1.82) is 0 Å². The van der Waals surface area contributed by atoms with E-state index >= 15 is 0 Å². The molecule has 4 nitrogen and oxygen atoms in total. The molecule has 0 atom stereocenters. The molecule has 0 fully saturated rings. The molecular formula is C21H18N2O2S2. The third-order valence-corrected chi connectivity index (χ3v) is 6.78. The minimum absolute atomic E-state index is 0.274. The number of aryl methyl sites for hydroxylation is 2. The van der Waals surface area contributed by atoms with Crippen LogP contribution in [0.5, 0.6) is 0 Å². The maximum atomic E-state index is 12.7. The van der Waals surface area contributed by atoms with Crippen molar-refractivity contribution in [3.8, 4) is 11.3 Å². The predicted molar refractivity (Wildman–Crippen MR) is 112 cm³/mol. The van der Waals surface area contributed by atoms with Crippen molar-refractivity contribution < 1.29 is 8.42 Å². The summed E-state index contributed by atoms with van der Waals surface area (Å²) in [6, 6.07) is 19.5. The van der Waals surface area contributed by atoms with E-state index in [-0.39, 0.29) is 4.90 Å². The summed E-state index contributed by atoms with van der Waals surface area (Å²) in [5.41, 5.74) is 3.46. The highest BCUT2D eigenvalue weighted by atomic mass is 32.2. The number of fused-ring (bicyclic) bond motifs is 1. The van der Waals surface area contributed by atoms with Crippen LogP contribution in [0.15, 0.2) is 70.9 Å². The van der Waals surface area contributed by atoms with Crippen LogP contribution in [0.4, 0.5) is 5.13 Å². The molecule has 27 heavy (non-hydrogen) atoms. The van der Waals surface area contributed by atoms with E-state index < -0.39 is 10.0 Å².